The molecule has 5 nitrogen and oxygen atoms in total. The Morgan fingerprint density at radius 3 is 2.33 bits per heavy atom. The Hall–Kier alpha value is -1.88. The molecule has 0 radical (unpaired) electrons. The molecule has 98 valence electrons. The second-order valence-electron chi connectivity index (χ2n) is 3.97. The molecule has 0 aliphatic heterocycles. The first-order chi connectivity index (χ1) is 8.56. The van der Waals surface area contributed by atoms with Crippen molar-refractivity contribution in [3.63, 3.8) is 0 Å². The normalized spacial score (nSPS) is 9.94. The number of hydrogen-bond donors (Lipinski definition) is 2. The Morgan fingerprint density at radius 2 is 1.78 bits per heavy atom. The molecule has 0 aliphatic carbocycles. The van der Waals surface area contributed by atoms with Crippen molar-refractivity contribution in [2.24, 2.45) is 0 Å². The maximum atomic E-state index is 11.6. The maximum Gasteiger partial charge on any atom is 0.313 e. The minimum absolute atomic E-state index is 0.315. The van der Waals surface area contributed by atoms with E-state index in [-0.39, 0.29) is 0 Å². The van der Waals surface area contributed by atoms with Crippen LogP contribution in [0.5, 0.6) is 0 Å². The second-order valence-corrected chi connectivity index (χ2v) is 3.97. The minimum Gasteiger partial charge on any atom is -0.383 e. The molecule has 0 aromatic heterocycles. The third-order valence-electron chi connectivity index (χ3n) is 2.52. The maximum absolute atomic E-state index is 11.6. The highest BCUT2D eigenvalue weighted by Crippen LogP contribution is 2.18. The van der Waals surface area contributed by atoms with Gasteiger partial charge < -0.3 is 15.4 Å². The Labute approximate surface area is 107 Å². The summed E-state index contributed by atoms with van der Waals surface area (Å²) in [6.07, 6.45) is 0. The molecule has 1 aromatic carbocycles. The Balaban J connectivity index is 2.61. The summed E-state index contributed by atoms with van der Waals surface area (Å²) in [6, 6.07) is 5.66. The third kappa shape index (κ3) is 3.85. The van der Waals surface area contributed by atoms with Gasteiger partial charge in [-0.25, -0.2) is 0 Å². The first-order valence-electron chi connectivity index (χ1n) is 5.70. The lowest BCUT2D eigenvalue weighted by molar-refractivity contribution is -0.136. The van der Waals surface area contributed by atoms with E-state index in [1.54, 1.807) is 0 Å². The molecule has 0 atom stereocenters. The molecule has 0 saturated heterocycles. The predicted molar refractivity (Wildman–Crippen MR) is 69.4 cm³/mol. The van der Waals surface area contributed by atoms with E-state index in [9.17, 15) is 9.59 Å². The van der Waals surface area contributed by atoms with Gasteiger partial charge in [0.2, 0.25) is 0 Å². The van der Waals surface area contributed by atoms with Gasteiger partial charge in [-0.15, -0.1) is 0 Å². The lowest BCUT2D eigenvalue weighted by Crippen LogP contribution is -2.37. The number of carbonyl (C=O) groups excluding carboxylic acids is 2. The Bertz CT molecular complexity index is 424. The number of nitrogens with one attached hydrogen (secondary N) is 2. The van der Waals surface area contributed by atoms with Crippen molar-refractivity contribution < 1.29 is 14.3 Å². The fourth-order valence-corrected chi connectivity index (χ4v) is 1.53. The van der Waals surface area contributed by atoms with Crippen molar-refractivity contribution in [3.05, 3.63) is 29.3 Å². The molecule has 2 amide bonds. The number of anilines is 1. The quantitative estimate of drug-likeness (QED) is 0.619. The number of hydrogen-bond acceptors (Lipinski definition) is 3. The van der Waals surface area contributed by atoms with E-state index in [1.807, 2.05) is 32.0 Å². The fraction of sp³-hybridized carbons (Fsp3) is 0.385. The van der Waals surface area contributed by atoms with Crippen LogP contribution in [0.15, 0.2) is 18.2 Å². The summed E-state index contributed by atoms with van der Waals surface area (Å²) in [5.74, 6) is -1.32. The highest BCUT2D eigenvalue weighted by molar-refractivity contribution is 6.39. The summed E-state index contributed by atoms with van der Waals surface area (Å²) in [6.45, 7) is 4.45. The van der Waals surface area contributed by atoms with Gasteiger partial charge in [0.15, 0.2) is 0 Å². The molecule has 0 unspecified atom stereocenters. The smallest absolute Gasteiger partial charge is 0.313 e. The summed E-state index contributed by atoms with van der Waals surface area (Å²) >= 11 is 0. The van der Waals surface area contributed by atoms with Crippen LogP contribution < -0.4 is 10.6 Å². The van der Waals surface area contributed by atoms with Crippen molar-refractivity contribution in [2.75, 3.05) is 25.6 Å². The summed E-state index contributed by atoms with van der Waals surface area (Å²) in [7, 11) is 1.53. The second kappa shape index (κ2) is 6.76. The standard InChI is InChI=1S/C13H18N2O3/c1-9-5-4-6-10(2)11(9)15-13(17)12(16)14-7-8-18-3/h4-6H,7-8H2,1-3H3,(H,14,16)(H,15,17). The van der Waals surface area contributed by atoms with Gasteiger partial charge in [-0.3, -0.25) is 9.59 Å². The number of para-hydroxylation sites is 1. The largest absolute Gasteiger partial charge is 0.383 e. The minimum atomic E-state index is -0.663. The van der Waals surface area contributed by atoms with E-state index < -0.39 is 11.8 Å². The lowest BCUT2D eigenvalue weighted by Gasteiger charge is -2.11. The van der Waals surface area contributed by atoms with Crippen LogP contribution >= 0.6 is 0 Å². The van der Waals surface area contributed by atoms with E-state index in [0.29, 0.717) is 18.8 Å². The molecule has 0 fully saturated rings. The lowest BCUT2D eigenvalue weighted by atomic mass is 10.1. The summed E-state index contributed by atoms with van der Waals surface area (Å²) < 4.78 is 4.78. The van der Waals surface area contributed by atoms with Gasteiger partial charge >= 0.3 is 11.8 Å². The van der Waals surface area contributed by atoms with Gasteiger partial charge in [-0.05, 0) is 25.0 Å². The van der Waals surface area contributed by atoms with Gasteiger partial charge in [0, 0.05) is 19.3 Å². The van der Waals surface area contributed by atoms with Gasteiger partial charge in [-0.1, -0.05) is 18.2 Å². The molecule has 0 heterocycles. The third-order valence-corrected chi connectivity index (χ3v) is 2.52. The SMILES string of the molecule is COCCNC(=O)C(=O)Nc1c(C)cccc1C. The number of benzene rings is 1. The van der Waals surface area contributed by atoms with Crippen LogP contribution in [0.3, 0.4) is 0 Å². The molecular formula is C13H18N2O3. The average molecular weight is 250 g/mol. The molecule has 0 spiro atoms. The zero-order chi connectivity index (χ0) is 13.5. The van der Waals surface area contributed by atoms with Crippen LogP contribution in [0.25, 0.3) is 0 Å². The zero-order valence-electron chi connectivity index (χ0n) is 10.9. The summed E-state index contributed by atoms with van der Waals surface area (Å²) in [5.41, 5.74) is 2.53. The van der Waals surface area contributed by atoms with Crippen LogP contribution in [-0.2, 0) is 14.3 Å². The topological polar surface area (TPSA) is 67.4 Å². The average Bonchev–Trinajstić information content (AvgIpc) is 2.34. The van der Waals surface area contributed by atoms with Crippen molar-refractivity contribution in [1.29, 1.82) is 0 Å². The monoisotopic (exact) mass is 250 g/mol. The Kier molecular flexibility index (Phi) is 5.32. The molecule has 0 aliphatic rings. The fourth-order valence-electron chi connectivity index (χ4n) is 1.53. The van der Waals surface area contributed by atoms with Crippen molar-refractivity contribution >= 4 is 17.5 Å². The first kappa shape index (κ1) is 14.2. The van der Waals surface area contributed by atoms with Gasteiger partial charge in [-0.2, -0.15) is 0 Å². The number of rotatable bonds is 4. The predicted octanol–water partition coefficient (Wildman–Crippen LogP) is 1.00. The van der Waals surface area contributed by atoms with Crippen LogP contribution in [0.4, 0.5) is 5.69 Å². The number of carbonyl (C=O) groups is 2. The zero-order valence-corrected chi connectivity index (χ0v) is 10.9. The molecule has 1 rings (SSSR count). The van der Waals surface area contributed by atoms with Crippen LogP contribution in [-0.4, -0.2) is 32.1 Å². The van der Waals surface area contributed by atoms with Crippen molar-refractivity contribution in [2.45, 2.75) is 13.8 Å². The molecular weight excluding hydrogens is 232 g/mol. The summed E-state index contributed by atoms with van der Waals surface area (Å²) in [4.78, 5) is 23.1. The van der Waals surface area contributed by atoms with Crippen molar-refractivity contribution in [3.8, 4) is 0 Å². The van der Waals surface area contributed by atoms with Gasteiger partial charge in [0.1, 0.15) is 0 Å². The first-order valence-corrected chi connectivity index (χ1v) is 5.70. The van der Waals surface area contributed by atoms with Crippen LogP contribution in [0, 0.1) is 13.8 Å². The van der Waals surface area contributed by atoms with Gasteiger partial charge in [0.05, 0.1) is 6.61 Å². The molecule has 0 bridgehead atoms. The molecule has 18 heavy (non-hydrogen) atoms. The molecule has 5 heteroatoms. The Morgan fingerprint density at radius 1 is 1.17 bits per heavy atom. The number of amides is 2. The van der Waals surface area contributed by atoms with E-state index >= 15 is 0 Å². The number of ether oxygens (including phenoxy) is 1. The summed E-state index contributed by atoms with van der Waals surface area (Å²) in [5, 5.41) is 5.08. The molecule has 2 N–H and O–H groups in total. The van der Waals surface area contributed by atoms with Crippen molar-refractivity contribution in [1.82, 2.24) is 5.32 Å². The van der Waals surface area contributed by atoms with E-state index in [2.05, 4.69) is 10.6 Å². The van der Waals surface area contributed by atoms with E-state index in [0.717, 1.165) is 11.1 Å². The molecule has 0 saturated carbocycles. The molecule has 1 aromatic rings. The highest BCUT2D eigenvalue weighted by Gasteiger charge is 2.14. The number of aryl methyl sites for hydroxylation is 2. The van der Waals surface area contributed by atoms with E-state index in [1.165, 1.54) is 7.11 Å². The highest BCUT2D eigenvalue weighted by atomic mass is 16.5. The van der Waals surface area contributed by atoms with E-state index in [4.69, 9.17) is 4.74 Å². The van der Waals surface area contributed by atoms with Crippen LogP contribution in [0.1, 0.15) is 11.1 Å². The van der Waals surface area contributed by atoms with Crippen LogP contribution in [0.2, 0.25) is 0 Å². The number of methoxy groups -OCH3 is 1. The van der Waals surface area contributed by atoms with Gasteiger partial charge in [0.25, 0.3) is 0 Å².